The molecular formula is C70H62F4N8O2S5. The number of rotatable bonds is 22. The van der Waals surface area contributed by atoms with Gasteiger partial charge in [-0.3, -0.25) is 9.59 Å². The smallest absolute Gasteiger partial charge is 0.194 e. The van der Waals surface area contributed by atoms with Crippen LogP contribution in [0.15, 0.2) is 46.6 Å². The highest BCUT2D eigenvalue weighted by Gasteiger charge is 2.38. The van der Waals surface area contributed by atoms with Gasteiger partial charge in [-0.15, -0.1) is 45.3 Å². The van der Waals surface area contributed by atoms with E-state index in [2.05, 4.69) is 36.8 Å². The number of aryl methyl sites for hydroxylation is 2. The number of thiophene rings is 4. The van der Waals surface area contributed by atoms with Crippen molar-refractivity contribution in [3.05, 3.63) is 113 Å². The SMILES string of the molecule is CCCCCCC(CCCC)Cn1c2c3sc(/C=C4\C(=O)c5cc(F)c(F)cc5C4=C(C#N)C#N)c(C)c3sc2c2c3nsnc3c3c4sc5c(C)c(/C=C6\C(=O)c7cc(F)c(F)cc7C6=C(C#N)C#N)sc5c4n(CC(CCCC)CCCCCC)c3c21. The minimum absolute atomic E-state index is 0.00406. The van der Waals surface area contributed by atoms with Gasteiger partial charge in [-0.25, -0.2) is 17.6 Å². The van der Waals surface area contributed by atoms with Crippen LogP contribution in [0.1, 0.15) is 183 Å². The topological polar surface area (TPSA) is 165 Å². The van der Waals surface area contributed by atoms with Gasteiger partial charge in [0.1, 0.15) is 46.5 Å². The van der Waals surface area contributed by atoms with E-state index in [0.717, 1.165) is 220 Å². The summed E-state index contributed by atoms with van der Waals surface area (Å²) in [5.74, 6) is -5.37. The van der Waals surface area contributed by atoms with Gasteiger partial charge in [-0.1, -0.05) is 105 Å². The standard InChI is InChI=1S/C70H62F4N8O2S5/c1-7-11-15-17-21-37(19-13-9-3)33-81-59-55(67-61(81)69-65(87-67)35(5)51(85-69)27-45-53(39(29-75)30-76)41-23-47(71)49(73)25-43(41)63(45)83)57-58(80-89-79-57)56-60(59)82(34-38(20-14-10-4)22-18-16-12-8-2)62-68(56)88-66-36(6)52(86-70(62)66)28-46-54(40(31-77)32-78)42-24-48(72)50(74)26-44(42)64(46)84/h23-28,37-38H,7-22,33-34H2,1-6H3/b45-27-,46-28-. The molecule has 2 atom stereocenters. The van der Waals surface area contributed by atoms with Crippen molar-refractivity contribution in [2.45, 2.75) is 157 Å². The number of Topliss-reactive ketones (excluding diaryl/α,β-unsaturated/α-hetero) is 2. The molecule has 19 heteroatoms. The summed E-state index contributed by atoms with van der Waals surface area (Å²) in [6, 6.07) is 11.1. The lowest BCUT2D eigenvalue weighted by Gasteiger charge is -2.22. The lowest BCUT2D eigenvalue weighted by Crippen LogP contribution is -2.14. The third-order valence-corrected chi connectivity index (χ3v) is 24.0. The normalized spacial score (nSPS) is 14.9. The number of unbranched alkanes of at least 4 members (excludes halogenated alkanes) is 8. The number of hydrogen-bond donors (Lipinski definition) is 0. The molecule has 2 aliphatic rings. The molecule has 10 aromatic rings. The Kier molecular flexibility index (Phi) is 17.5. The molecule has 0 spiro atoms. The largest absolute Gasteiger partial charge is 0.337 e. The van der Waals surface area contributed by atoms with E-state index in [1.165, 1.54) is 34.4 Å². The molecule has 0 amide bonds. The molecule has 89 heavy (non-hydrogen) atoms. The average molecular weight is 1280 g/mol. The molecule has 2 unspecified atom stereocenters. The van der Waals surface area contributed by atoms with Crippen LogP contribution in [0.25, 0.3) is 95.4 Å². The van der Waals surface area contributed by atoms with Crippen LogP contribution < -0.4 is 0 Å². The molecule has 2 aliphatic carbocycles. The van der Waals surface area contributed by atoms with Crippen LogP contribution in [-0.4, -0.2) is 29.4 Å². The number of nitriles is 4. The van der Waals surface area contributed by atoms with Gasteiger partial charge in [-0.05, 0) is 110 Å². The summed E-state index contributed by atoms with van der Waals surface area (Å²) in [5, 5.41) is 42.9. The van der Waals surface area contributed by atoms with Crippen molar-refractivity contribution in [2.24, 2.45) is 11.8 Å². The lowest BCUT2D eigenvalue weighted by molar-refractivity contribution is 0.103. The van der Waals surface area contributed by atoms with Gasteiger partial charge < -0.3 is 9.13 Å². The molecule has 0 fully saturated rings. The van der Waals surface area contributed by atoms with Gasteiger partial charge >= 0.3 is 0 Å². The summed E-state index contributed by atoms with van der Waals surface area (Å²) < 4.78 is 81.4. The fraction of sp³-hybridized carbons (Fsp3) is 0.371. The highest BCUT2D eigenvalue weighted by atomic mass is 32.1. The zero-order valence-electron chi connectivity index (χ0n) is 50.3. The number of allylic oxidation sites excluding steroid dienone is 6. The van der Waals surface area contributed by atoms with Crippen molar-refractivity contribution in [1.29, 1.82) is 21.0 Å². The Labute approximate surface area is 532 Å². The summed E-state index contributed by atoms with van der Waals surface area (Å²) >= 11 is 7.59. The zero-order chi connectivity index (χ0) is 62.7. The Balaban J connectivity index is 1.17. The molecule has 7 aromatic heterocycles. The van der Waals surface area contributed by atoms with E-state index < -0.39 is 34.8 Å². The van der Waals surface area contributed by atoms with Crippen LogP contribution >= 0.6 is 57.1 Å². The maximum atomic E-state index is 15.0. The van der Waals surface area contributed by atoms with Crippen molar-refractivity contribution in [1.82, 2.24) is 17.9 Å². The second-order valence-electron chi connectivity index (χ2n) is 23.7. The molecule has 10 nitrogen and oxygen atoms in total. The molecule has 0 N–H and O–H groups in total. The summed E-state index contributed by atoms with van der Waals surface area (Å²) in [6.07, 6.45) is 20.7. The van der Waals surface area contributed by atoms with Crippen LogP contribution in [0.4, 0.5) is 17.6 Å². The van der Waals surface area contributed by atoms with Gasteiger partial charge in [0.05, 0.1) is 62.0 Å². The van der Waals surface area contributed by atoms with Gasteiger partial charge in [0.15, 0.2) is 34.8 Å². The first kappa shape index (κ1) is 61.6. The molecule has 7 heterocycles. The quantitative estimate of drug-likeness (QED) is 0.0280. The summed E-state index contributed by atoms with van der Waals surface area (Å²) in [7, 11) is 0. The number of aromatic nitrogens is 4. The minimum atomic E-state index is -1.20. The van der Waals surface area contributed by atoms with Crippen LogP contribution in [-0.2, 0) is 13.1 Å². The van der Waals surface area contributed by atoms with Crippen LogP contribution in [0.2, 0.25) is 0 Å². The van der Waals surface area contributed by atoms with Crippen molar-refractivity contribution in [3.63, 3.8) is 0 Å². The van der Waals surface area contributed by atoms with Crippen molar-refractivity contribution >= 4 is 164 Å². The highest BCUT2D eigenvalue weighted by molar-refractivity contribution is 7.34. The first-order valence-corrected chi connectivity index (χ1v) is 34.8. The molecule has 0 saturated carbocycles. The van der Waals surface area contributed by atoms with Crippen molar-refractivity contribution in [2.75, 3.05) is 0 Å². The van der Waals surface area contributed by atoms with E-state index >= 15 is 0 Å². The second kappa shape index (κ2) is 25.3. The summed E-state index contributed by atoms with van der Waals surface area (Å²) in [5.41, 5.74) is 6.69. The third-order valence-electron chi connectivity index (χ3n) is 18.1. The number of carbonyl (C=O) groups is 2. The predicted molar refractivity (Wildman–Crippen MR) is 357 cm³/mol. The highest BCUT2D eigenvalue weighted by Crippen LogP contribution is 2.56. The lowest BCUT2D eigenvalue weighted by atomic mass is 9.94. The van der Waals surface area contributed by atoms with Gasteiger partial charge in [0.25, 0.3) is 0 Å². The average Bonchev–Trinajstić information content (AvgIpc) is 1.51. The number of nitrogens with zero attached hydrogens (tertiary/aromatic N) is 8. The maximum absolute atomic E-state index is 15.0. The van der Waals surface area contributed by atoms with E-state index in [4.69, 9.17) is 8.75 Å². The molecule has 0 radical (unpaired) electrons. The zero-order valence-corrected chi connectivity index (χ0v) is 54.4. The first-order chi connectivity index (χ1) is 43.2. The number of carbonyl (C=O) groups excluding carboxylic acids is 2. The van der Waals surface area contributed by atoms with E-state index in [1.807, 2.05) is 38.1 Å². The summed E-state index contributed by atoms with van der Waals surface area (Å²) in [6.45, 7) is 14.4. The Hall–Kier alpha value is -7.62. The fourth-order valence-corrected chi connectivity index (χ4v) is 19.9. The second-order valence-corrected chi connectivity index (χ2v) is 28.4. The fourth-order valence-electron chi connectivity index (χ4n) is 13.6. The van der Waals surface area contributed by atoms with E-state index in [1.54, 1.807) is 34.8 Å². The molecule has 12 rings (SSSR count). The molecule has 0 aliphatic heterocycles. The number of hydrogen-bond acceptors (Lipinski definition) is 13. The molecule has 0 bridgehead atoms. The van der Waals surface area contributed by atoms with E-state index in [0.29, 0.717) is 24.9 Å². The van der Waals surface area contributed by atoms with Crippen LogP contribution in [0.5, 0.6) is 0 Å². The maximum Gasteiger partial charge on any atom is 0.194 e. The Morgan fingerprint density at radius 2 is 0.843 bits per heavy atom. The summed E-state index contributed by atoms with van der Waals surface area (Å²) in [4.78, 5) is 30.2. The molecular weight excluding hydrogens is 1220 g/mol. The first-order valence-electron chi connectivity index (χ1n) is 30.8. The van der Waals surface area contributed by atoms with Gasteiger partial charge in [-0.2, -0.15) is 29.8 Å². The van der Waals surface area contributed by atoms with Crippen LogP contribution in [0, 0.1) is 94.3 Å². The molecule has 452 valence electrons. The third kappa shape index (κ3) is 10.4. The molecule has 0 saturated heterocycles. The Bertz CT molecular complexity index is 4610. The van der Waals surface area contributed by atoms with Gasteiger partial charge in [0, 0.05) is 67.0 Å². The minimum Gasteiger partial charge on any atom is -0.337 e. The van der Waals surface area contributed by atoms with Crippen molar-refractivity contribution < 1.29 is 27.2 Å². The predicted octanol–water partition coefficient (Wildman–Crippen LogP) is 21.3. The van der Waals surface area contributed by atoms with Crippen molar-refractivity contribution in [3.8, 4) is 24.3 Å². The Morgan fingerprint density at radius 3 is 1.20 bits per heavy atom. The molecule has 3 aromatic carbocycles. The number of ketones is 2. The van der Waals surface area contributed by atoms with E-state index in [9.17, 15) is 48.2 Å². The van der Waals surface area contributed by atoms with E-state index in [-0.39, 0.29) is 55.7 Å². The van der Waals surface area contributed by atoms with Gasteiger partial charge in [0.2, 0.25) is 0 Å². The monoisotopic (exact) mass is 1280 g/mol. The number of fused-ring (bicyclic) bond motifs is 16. The number of halogens is 4. The Morgan fingerprint density at radius 1 is 0.483 bits per heavy atom. The van der Waals surface area contributed by atoms with Crippen LogP contribution in [0.3, 0.4) is 0 Å². The number of benzene rings is 3.